The first-order valence-electron chi connectivity index (χ1n) is 8.50. The van der Waals surface area contributed by atoms with Crippen LogP contribution < -0.4 is 0 Å². The number of aromatic nitrogens is 1. The highest BCUT2D eigenvalue weighted by Gasteiger charge is 2.33. The predicted molar refractivity (Wildman–Crippen MR) is 111 cm³/mol. The zero-order chi connectivity index (χ0) is 20.4. The zero-order valence-electron chi connectivity index (χ0n) is 15.2. The molecule has 1 N–H and O–H groups in total. The third-order valence-electron chi connectivity index (χ3n) is 3.94. The van der Waals surface area contributed by atoms with Gasteiger partial charge in [-0.15, -0.1) is 0 Å². The molecule has 0 atom stereocenters. The molecule has 1 saturated heterocycles. The first-order chi connectivity index (χ1) is 13.3. The molecule has 0 spiro atoms. The number of thioether (sulfide) groups is 1. The van der Waals surface area contributed by atoms with Crippen molar-refractivity contribution in [1.82, 2.24) is 9.47 Å². The van der Waals surface area contributed by atoms with E-state index >= 15 is 0 Å². The van der Waals surface area contributed by atoms with Crippen LogP contribution in [0.25, 0.3) is 17.0 Å². The number of nitrogens with zero attached hydrogens (tertiary/aromatic N) is 2. The van der Waals surface area contributed by atoms with Gasteiger partial charge in [-0.3, -0.25) is 19.3 Å². The Balaban J connectivity index is 1.95. The van der Waals surface area contributed by atoms with E-state index in [1.165, 1.54) is 0 Å². The fraction of sp³-hybridized carbons (Fsp3) is 0.263. The van der Waals surface area contributed by atoms with E-state index in [1.54, 1.807) is 30.7 Å². The van der Waals surface area contributed by atoms with Gasteiger partial charge < -0.3 is 14.4 Å². The number of para-hydroxylation sites is 1. The molecule has 9 heteroatoms. The van der Waals surface area contributed by atoms with Gasteiger partial charge in [0.05, 0.1) is 11.0 Å². The van der Waals surface area contributed by atoms with Gasteiger partial charge in [-0.2, -0.15) is 0 Å². The summed E-state index contributed by atoms with van der Waals surface area (Å²) in [4.78, 5) is 36.9. The van der Waals surface area contributed by atoms with Crippen molar-refractivity contribution in [3.8, 4) is 0 Å². The third-order valence-corrected chi connectivity index (χ3v) is 5.32. The molecule has 146 valence electrons. The molecule has 0 radical (unpaired) electrons. The Hall–Kier alpha value is -2.65. The van der Waals surface area contributed by atoms with Gasteiger partial charge in [0, 0.05) is 22.7 Å². The number of thiocarbonyl (C=S) groups is 1. The van der Waals surface area contributed by atoms with Gasteiger partial charge in [0.25, 0.3) is 5.91 Å². The molecule has 0 bridgehead atoms. The fourth-order valence-corrected chi connectivity index (χ4v) is 4.12. The Kier molecular flexibility index (Phi) is 5.85. The first-order valence-corrected chi connectivity index (χ1v) is 9.73. The maximum atomic E-state index is 12.5. The lowest BCUT2D eigenvalue weighted by Crippen LogP contribution is -2.33. The Labute approximate surface area is 170 Å². The zero-order valence-corrected chi connectivity index (χ0v) is 16.9. The minimum absolute atomic E-state index is 0.0481. The van der Waals surface area contributed by atoms with Crippen molar-refractivity contribution in [2.45, 2.75) is 26.5 Å². The number of carboxylic acids is 1. The summed E-state index contributed by atoms with van der Waals surface area (Å²) >= 11 is 6.19. The fourth-order valence-electron chi connectivity index (χ4n) is 2.87. The SMILES string of the molecule is CC(C)OC(=O)Cn1cc(C=C2SC(=S)N(CC(=O)O)C2=O)c2ccccc21. The third kappa shape index (κ3) is 4.26. The van der Waals surface area contributed by atoms with Crippen molar-refractivity contribution in [2.75, 3.05) is 6.54 Å². The average molecular weight is 418 g/mol. The lowest BCUT2D eigenvalue weighted by molar-refractivity contribution is -0.148. The normalized spacial score (nSPS) is 15.8. The number of benzene rings is 1. The molecule has 0 saturated carbocycles. The van der Waals surface area contributed by atoms with Crippen LogP contribution in [0.2, 0.25) is 0 Å². The van der Waals surface area contributed by atoms with Crippen LogP contribution in [0.5, 0.6) is 0 Å². The smallest absolute Gasteiger partial charge is 0.326 e. The van der Waals surface area contributed by atoms with Gasteiger partial charge in [0.15, 0.2) is 0 Å². The van der Waals surface area contributed by atoms with Crippen LogP contribution in [-0.4, -0.2) is 49.4 Å². The van der Waals surface area contributed by atoms with E-state index in [1.807, 2.05) is 24.3 Å². The van der Waals surface area contributed by atoms with Gasteiger partial charge in [-0.05, 0) is 26.0 Å². The Morgan fingerprint density at radius 1 is 1.29 bits per heavy atom. The van der Waals surface area contributed by atoms with Crippen molar-refractivity contribution < 1.29 is 24.2 Å². The number of carboxylic acid groups (broad SMARTS) is 1. The lowest BCUT2D eigenvalue weighted by atomic mass is 10.1. The van der Waals surface area contributed by atoms with Crippen LogP contribution in [0.15, 0.2) is 35.4 Å². The summed E-state index contributed by atoms with van der Waals surface area (Å²) in [6, 6.07) is 7.50. The summed E-state index contributed by atoms with van der Waals surface area (Å²) in [5.41, 5.74) is 1.57. The Morgan fingerprint density at radius 3 is 2.68 bits per heavy atom. The second-order valence-corrected chi connectivity index (χ2v) is 8.11. The van der Waals surface area contributed by atoms with Gasteiger partial charge in [-0.25, -0.2) is 0 Å². The number of fused-ring (bicyclic) bond motifs is 1. The molecule has 2 heterocycles. The number of carbonyl (C=O) groups excluding carboxylic acids is 2. The number of esters is 1. The highest BCUT2D eigenvalue weighted by atomic mass is 32.2. The summed E-state index contributed by atoms with van der Waals surface area (Å²) in [6.07, 6.45) is 3.24. The summed E-state index contributed by atoms with van der Waals surface area (Å²) in [7, 11) is 0. The summed E-state index contributed by atoms with van der Waals surface area (Å²) in [5.74, 6) is -1.92. The van der Waals surface area contributed by atoms with Gasteiger partial charge in [0.1, 0.15) is 17.4 Å². The van der Waals surface area contributed by atoms with Crippen LogP contribution >= 0.6 is 24.0 Å². The molecule has 1 aliphatic heterocycles. The molecule has 1 aromatic carbocycles. The largest absolute Gasteiger partial charge is 0.480 e. The molecule has 0 aliphatic carbocycles. The summed E-state index contributed by atoms with van der Waals surface area (Å²) in [5, 5.41) is 9.81. The quantitative estimate of drug-likeness (QED) is 0.438. The monoisotopic (exact) mass is 418 g/mol. The average Bonchev–Trinajstić information content (AvgIpc) is 3.07. The molecule has 28 heavy (non-hydrogen) atoms. The van der Waals surface area contributed by atoms with E-state index in [0.29, 0.717) is 4.91 Å². The molecule has 1 aliphatic rings. The predicted octanol–water partition coefficient (Wildman–Crippen LogP) is 2.88. The van der Waals surface area contributed by atoms with Crippen molar-refractivity contribution in [3.05, 3.63) is 40.9 Å². The first kappa shape index (κ1) is 20.1. The maximum Gasteiger partial charge on any atom is 0.326 e. The van der Waals surface area contributed by atoms with Crippen LogP contribution in [0.3, 0.4) is 0 Å². The number of aliphatic carboxylic acids is 1. The highest BCUT2D eigenvalue weighted by molar-refractivity contribution is 8.26. The summed E-state index contributed by atoms with van der Waals surface area (Å²) < 4.78 is 7.19. The summed E-state index contributed by atoms with van der Waals surface area (Å²) in [6.45, 7) is 3.16. The number of carbonyl (C=O) groups is 3. The molecule has 1 amide bonds. The number of hydrogen-bond acceptors (Lipinski definition) is 6. The molecule has 1 aromatic heterocycles. The van der Waals surface area contributed by atoms with E-state index in [9.17, 15) is 14.4 Å². The Morgan fingerprint density at radius 2 is 2.00 bits per heavy atom. The second-order valence-electron chi connectivity index (χ2n) is 6.43. The number of hydrogen-bond donors (Lipinski definition) is 1. The lowest BCUT2D eigenvalue weighted by Gasteiger charge is -2.10. The van der Waals surface area contributed by atoms with Crippen LogP contribution in [0.1, 0.15) is 19.4 Å². The van der Waals surface area contributed by atoms with Crippen LogP contribution in [0, 0.1) is 0 Å². The van der Waals surface area contributed by atoms with E-state index in [0.717, 1.165) is 33.1 Å². The number of amides is 1. The van der Waals surface area contributed by atoms with Gasteiger partial charge in [0.2, 0.25) is 0 Å². The Bertz CT molecular complexity index is 1010. The highest BCUT2D eigenvalue weighted by Crippen LogP contribution is 2.34. The van der Waals surface area contributed by atoms with Crippen molar-refractivity contribution in [1.29, 1.82) is 0 Å². The molecular weight excluding hydrogens is 400 g/mol. The number of ether oxygens (including phenoxy) is 1. The van der Waals surface area contributed by atoms with Crippen LogP contribution in [0.4, 0.5) is 0 Å². The molecular formula is C19H18N2O5S2. The van der Waals surface area contributed by atoms with E-state index < -0.39 is 18.4 Å². The van der Waals surface area contributed by atoms with Crippen molar-refractivity contribution in [2.24, 2.45) is 0 Å². The minimum atomic E-state index is -1.13. The van der Waals surface area contributed by atoms with Crippen molar-refractivity contribution in [3.63, 3.8) is 0 Å². The maximum absolute atomic E-state index is 12.5. The standard InChI is InChI=1S/C19H18N2O5S2/c1-11(2)26-17(24)10-20-8-12(13-5-3-4-6-14(13)20)7-15-18(25)21(9-16(22)23)19(27)28-15/h3-8,11H,9-10H2,1-2H3,(H,22,23). The minimum Gasteiger partial charge on any atom is -0.480 e. The molecule has 0 unspecified atom stereocenters. The van der Waals surface area contributed by atoms with E-state index in [4.69, 9.17) is 22.1 Å². The molecule has 7 nitrogen and oxygen atoms in total. The second kappa shape index (κ2) is 8.15. The van der Waals surface area contributed by atoms with E-state index in [2.05, 4.69) is 0 Å². The topological polar surface area (TPSA) is 88.8 Å². The molecule has 1 fully saturated rings. The van der Waals surface area contributed by atoms with E-state index in [-0.39, 0.29) is 22.9 Å². The van der Waals surface area contributed by atoms with Crippen LogP contribution in [-0.2, 0) is 25.7 Å². The van der Waals surface area contributed by atoms with Gasteiger partial charge in [-0.1, -0.05) is 42.2 Å². The van der Waals surface area contributed by atoms with Crippen molar-refractivity contribution >= 4 is 63.1 Å². The molecule has 3 rings (SSSR count). The molecule has 2 aromatic rings. The van der Waals surface area contributed by atoms with Gasteiger partial charge >= 0.3 is 11.9 Å². The number of rotatable bonds is 6.